The van der Waals surface area contributed by atoms with Crippen LogP contribution < -0.4 is 0 Å². The minimum absolute atomic E-state index is 0.228. The highest BCUT2D eigenvalue weighted by Gasteiger charge is 2.31. The zero-order valence-electron chi connectivity index (χ0n) is 13.9. The summed E-state index contributed by atoms with van der Waals surface area (Å²) in [5.74, 6) is -1.08. The lowest BCUT2D eigenvalue weighted by Crippen LogP contribution is -2.24. The molecule has 1 N–H and O–H groups in total. The van der Waals surface area contributed by atoms with Crippen molar-refractivity contribution in [1.82, 2.24) is 0 Å². The molecule has 6 heteroatoms. The predicted molar refractivity (Wildman–Crippen MR) is 90.9 cm³/mol. The Morgan fingerprint density at radius 3 is 2.48 bits per heavy atom. The van der Waals surface area contributed by atoms with Gasteiger partial charge in [-0.25, -0.2) is 4.79 Å². The number of carboxylic acids is 1. The summed E-state index contributed by atoms with van der Waals surface area (Å²) < 4.78 is 23.5. The third kappa shape index (κ3) is 7.78. The van der Waals surface area contributed by atoms with Crippen LogP contribution in [-0.2, 0) is 24.8 Å². The molecule has 0 aromatic heterocycles. The number of carboxylic acid groups (broad SMARTS) is 1. The van der Waals surface area contributed by atoms with Crippen LogP contribution in [-0.4, -0.2) is 29.9 Å². The smallest absolute Gasteiger partial charge is 0.333 e. The van der Waals surface area contributed by atoms with Gasteiger partial charge in [0.1, 0.15) is 0 Å². The molecule has 2 atom stereocenters. The summed E-state index contributed by atoms with van der Waals surface area (Å²) in [6.45, 7) is 3.94. The molecule has 1 rings (SSSR count). The largest absolute Gasteiger partial charge is 0.479 e. The van der Waals surface area contributed by atoms with Crippen LogP contribution in [0.4, 0.5) is 0 Å². The first-order valence-corrected chi connectivity index (χ1v) is 9.92. The number of hydrogen-bond donors (Lipinski definition) is 1. The molecule has 0 saturated carbocycles. The molecule has 0 amide bonds. The van der Waals surface area contributed by atoms with Crippen molar-refractivity contribution in [1.29, 1.82) is 0 Å². The Labute approximate surface area is 138 Å². The number of aliphatic carboxylic acids is 1. The van der Waals surface area contributed by atoms with Gasteiger partial charge in [-0.3, -0.25) is 9.09 Å². The molecule has 0 heterocycles. The van der Waals surface area contributed by atoms with Gasteiger partial charge in [0.2, 0.25) is 0 Å². The number of benzene rings is 1. The van der Waals surface area contributed by atoms with Gasteiger partial charge in [-0.2, -0.15) is 0 Å². The average Bonchev–Trinajstić information content (AvgIpc) is 2.52. The number of unbranched alkanes of at least 4 members (excludes halogenated alkanes) is 1. The monoisotopic (exact) mass is 342 g/mol. The van der Waals surface area contributed by atoms with Gasteiger partial charge < -0.3 is 9.63 Å². The van der Waals surface area contributed by atoms with Crippen molar-refractivity contribution in [3.63, 3.8) is 0 Å². The van der Waals surface area contributed by atoms with Crippen molar-refractivity contribution in [2.24, 2.45) is 0 Å². The van der Waals surface area contributed by atoms with Crippen LogP contribution in [0.25, 0.3) is 0 Å². The van der Waals surface area contributed by atoms with Gasteiger partial charge >= 0.3 is 13.6 Å². The normalized spacial score (nSPS) is 15.0. The van der Waals surface area contributed by atoms with Gasteiger partial charge in [0.15, 0.2) is 6.10 Å². The standard InChI is InChI=1S/C17H27O5P/c1-3-5-13-16(17(18)19)22-23(20,21-4-2)14-9-12-15-10-7-6-8-11-15/h6-8,10-11,16H,3-5,9,12-14H2,1-2H3,(H,18,19)/t16-,23-/m1/s1. The molecule has 0 aliphatic carbocycles. The molecule has 1 aromatic carbocycles. The molecule has 5 nitrogen and oxygen atoms in total. The number of aryl methyl sites for hydroxylation is 1. The van der Waals surface area contributed by atoms with E-state index < -0.39 is 19.7 Å². The van der Waals surface area contributed by atoms with Gasteiger partial charge in [0.05, 0.1) is 12.8 Å². The van der Waals surface area contributed by atoms with E-state index in [1.165, 1.54) is 0 Å². The minimum Gasteiger partial charge on any atom is -0.479 e. The second-order valence-corrected chi connectivity index (χ2v) is 7.55. The summed E-state index contributed by atoms with van der Waals surface area (Å²) in [6.07, 6.45) is 2.47. The van der Waals surface area contributed by atoms with Crippen molar-refractivity contribution < 1.29 is 23.5 Å². The second kappa shape index (κ2) is 10.6. The van der Waals surface area contributed by atoms with E-state index >= 15 is 0 Å². The van der Waals surface area contributed by atoms with Crippen LogP contribution in [0, 0.1) is 0 Å². The van der Waals surface area contributed by atoms with E-state index in [0.29, 0.717) is 19.3 Å². The quantitative estimate of drug-likeness (QED) is 0.566. The van der Waals surface area contributed by atoms with Gasteiger partial charge in [0, 0.05) is 0 Å². The van der Waals surface area contributed by atoms with Crippen molar-refractivity contribution in [2.45, 2.75) is 52.1 Å². The van der Waals surface area contributed by atoms with Crippen LogP contribution in [0.1, 0.15) is 45.1 Å². The van der Waals surface area contributed by atoms with Gasteiger partial charge in [-0.1, -0.05) is 50.1 Å². The van der Waals surface area contributed by atoms with Crippen LogP contribution in [0.15, 0.2) is 30.3 Å². The maximum absolute atomic E-state index is 12.8. The summed E-state index contributed by atoms with van der Waals surface area (Å²) in [5.41, 5.74) is 1.15. The number of rotatable bonds is 12. The third-order valence-electron chi connectivity index (χ3n) is 3.45. The van der Waals surface area contributed by atoms with E-state index in [1.54, 1.807) is 6.92 Å². The first kappa shape index (κ1) is 19.9. The fourth-order valence-corrected chi connectivity index (χ4v) is 4.09. The molecule has 0 fully saturated rings. The molecule has 0 aliphatic rings. The van der Waals surface area contributed by atoms with Crippen LogP contribution in [0.2, 0.25) is 0 Å². The van der Waals surface area contributed by atoms with E-state index in [0.717, 1.165) is 18.4 Å². The Bertz CT molecular complexity index is 503. The molecule has 130 valence electrons. The highest BCUT2D eigenvalue weighted by Crippen LogP contribution is 2.50. The topological polar surface area (TPSA) is 72.8 Å². The SMILES string of the molecule is CCCC[C@@H](O[P@@](=O)(CCCc1ccccc1)OCC)C(=O)O. The molecule has 0 spiro atoms. The molecule has 0 unspecified atom stereocenters. The number of hydrogen-bond acceptors (Lipinski definition) is 4. The molecule has 1 aromatic rings. The first-order chi connectivity index (χ1) is 11.0. The molecule has 23 heavy (non-hydrogen) atoms. The Hall–Kier alpha value is -1.16. The molecule has 0 bridgehead atoms. The van der Waals surface area contributed by atoms with E-state index in [-0.39, 0.29) is 12.8 Å². The van der Waals surface area contributed by atoms with Crippen molar-refractivity contribution in [3.8, 4) is 0 Å². The van der Waals surface area contributed by atoms with Gasteiger partial charge in [-0.15, -0.1) is 0 Å². The van der Waals surface area contributed by atoms with Crippen molar-refractivity contribution in [3.05, 3.63) is 35.9 Å². The molecule has 0 saturated heterocycles. The van der Waals surface area contributed by atoms with Crippen LogP contribution >= 0.6 is 7.60 Å². The first-order valence-electron chi connectivity index (χ1n) is 8.19. The van der Waals surface area contributed by atoms with E-state index in [1.807, 2.05) is 37.3 Å². The van der Waals surface area contributed by atoms with Crippen molar-refractivity contribution in [2.75, 3.05) is 12.8 Å². The van der Waals surface area contributed by atoms with Gasteiger partial charge in [-0.05, 0) is 31.7 Å². The number of carbonyl (C=O) groups is 1. The molecular weight excluding hydrogens is 315 g/mol. The van der Waals surface area contributed by atoms with Crippen LogP contribution in [0.3, 0.4) is 0 Å². The average molecular weight is 342 g/mol. The lowest BCUT2D eigenvalue weighted by molar-refractivity contribution is -0.145. The summed E-state index contributed by atoms with van der Waals surface area (Å²) in [4.78, 5) is 11.3. The highest BCUT2D eigenvalue weighted by atomic mass is 31.2. The zero-order valence-corrected chi connectivity index (χ0v) is 14.8. The lowest BCUT2D eigenvalue weighted by Gasteiger charge is -2.22. The Balaban J connectivity index is 2.61. The summed E-state index contributed by atoms with van der Waals surface area (Å²) in [7, 11) is -3.39. The predicted octanol–water partition coefficient (Wildman–Crippen LogP) is 4.51. The highest BCUT2D eigenvalue weighted by molar-refractivity contribution is 7.53. The molecule has 0 aliphatic heterocycles. The van der Waals surface area contributed by atoms with E-state index in [2.05, 4.69) is 0 Å². The van der Waals surface area contributed by atoms with Crippen molar-refractivity contribution >= 4 is 13.6 Å². The Morgan fingerprint density at radius 1 is 1.22 bits per heavy atom. The fourth-order valence-electron chi connectivity index (χ4n) is 2.27. The lowest BCUT2D eigenvalue weighted by atomic mass is 10.1. The molecule has 0 radical (unpaired) electrons. The Morgan fingerprint density at radius 2 is 1.91 bits per heavy atom. The third-order valence-corrected chi connectivity index (χ3v) is 5.54. The minimum atomic E-state index is -3.39. The summed E-state index contributed by atoms with van der Waals surface area (Å²) >= 11 is 0. The van der Waals surface area contributed by atoms with E-state index in [4.69, 9.17) is 9.05 Å². The summed E-state index contributed by atoms with van der Waals surface area (Å²) in [6, 6.07) is 9.88. The maximum Gasteiger partial charge on any atom is 0.333 e. The van der Waals surface area contributed by atoms with Gasteiger partial charge in [0.25, 0.3) is 0 Å². The summed E-state index contributed by atoms with van der Waals surface area (Å²) in [5, 5.41) is 9.23. The fraction of sp³-hybridized carbons (Fsp3) is 0.588. The second-order valence-electron chi connectivity index (χ2n) is 5.42. The zero-order chi connectivity index (χ0) is 17.1. The van der Waals surface area contributed by atoms with Crippen LogP contribution in [0.5, 0.6) is 0 Å². The molecular formula is C17H27O5P. The Kier molecular flexibility index (Phi) is 9.15. The maximum atomic E-state index is 12.8. The van der Waals surface area contributed by atoms with E-state index in [9.17, 15) is 14.5 Å².